The molecule has 1 N–H and O–H groups in total. The van der Waals surface area contributed by atoms with Crippen molar-refractivity contribution < 1.29 is 9.84 Å². The molecule has 88 valence electrons. The second-order valence-corrected chi connectivity index (χ2v) is 4.29. The number of rotatable bonds is 4. The first-order chi connectivity index (χ1) is 7.79. The number of nitrogens with zero attached hydrogens (tertiary/aromatic N) is 1. The van der Waals surface area contributed by atoms with Crippen molar-refractivity contribution in [1.29, 1.82) is 0 Å². The molecule has 0 amide bonds. The Labute approximate surface area is 96.6 Å². The number of aryl methyl sites for hydroxylation is 1. The molecule has 0 aromatic heterocycles. The number of anilines is 1. The highest BCUT2D eigenvalue weighted by molar-refractivity contribution is 5.48. The van der Waals surface area contributed by atoms with Crippen LogP contribution in [0.15, 0.2) is 24.3 Å². The Morgan fingerprint density at radius 3 is 2.81 bits per heavy atom. The lowest BCUT2D eigenvalue weighted by molar-refractivity contribution is 0.0411. The summed E-state index contributed by atoms with van der Waals surface area (Å²) >= 11 is 0. The molecular formula is C13H19NO2. The summed E-state index contributed by atoms with van der Waals surface area (Å²) in [7, 11) is 0. The maximum atomic E-state index is 8.70. The third-order valence-corrected chi connectivity index (χ3v) is 2.99. The van der Waals surface area contributed by atoms with Gasteiger partial charge < -0.3 is 14.7 Å². The fraction of sp³-hybridized carbons (Fsp3) is 0.538. The molecule has 1 heterocycles. The highest BCUT2D eigenvalue weighted by Gasteiger charge is 2.22. The third-order valence-electron chi connectivity index (χ3n) is 2.99. The van der Waals surface area contributed by atoms with Gasteiger partial charge in [-0.2, -0.15) is 0 Å². The summed E-state index contributed by atoms with van der Waals surface area (Å²) < 4.78 is 5.54. The minimum atomic E-state index is 0.112. The lowest BCUT2D eigenvalue weighted by atomic mass is 10.2. The normalized spacial score (nSPS) is 20.4. The lowest BCUT2D eigenvalue weighted by Gasteiger charge is -2.18. The Hall–Kier alpha value is -1.06. The van der Waals surface area contributed by atoms with E-state index in [0.29, 0.717) is 6.61 Å². The Morgan fingerprint density at radius 2 is 2.12 bits per heavy atom. The zero-order chi connectivity index (χ0) is 11.4. The van der Waals surface area contributed by atoms with E-state index in [1.54, 1.807) is 0 Å². The summed E-state index contributed by atoms with van der Waals surface area (Å²) in [6, 6.07) is 8.59. The average Bonchev–Trinajstić information content (AvgIpc) is 2.76. The molecule has 1 aromatic rings. The zero-order valence-electron chi connectivity index (χ0n) is 9.72. The van der Waals surface area contributed by atoms with Crippen LogP contribution in [0.3, 0.4) is 0 Å². The Morgan fingerprint density at radius 1 is 1.38 bits per heavy atom. The van der Waals surface area contributed by atoms with Gasteiger partial charge in [-0.1, -0.05) is 17.7 Å². The van der Waals surface area contributed by atoms with Gasteiger partial charge in [-0.25, -0.2) is 0 Å². The molecule has 2 rings (SSSR count). The average molecular weight is 221 g/mol. The van der Waals surface area contributed by atoms with E-state index in [2.05, 4.69) is 36.1 Å². The molecule has 0 unspecified atom stereocenters. The Bertz CT molecular complexity index is 323. The molecule has 16 heavy (non-hydrogen) atoms. The first kappa shape index (κ1) is 11.4. The quantitative estimate of drug-likeness (QED) is 0.838. The molecule has 1 aliphatic heterocycles. The number of benzene rings is 1. The topological polar surface area (TPSA) is 32.7 Å². The van der Waals surface area contributed by atoms with E-state index >= 15 is 0 Å². The van der Waals surface area contributed by atoms with Gasteiger partial charge in [-0.05, 0) is 25.5 Å². The summed E-state index contributed by atoms with van der Waals surface area (Å²) in [5.41, 5.74) is 2.55. The number of aliphatic hydroxyl groups is 1. The second kappa shape index (κ2) is 5.32. The van der Waals surface area contributed by atoms with Crippen molar-refractivity contribution in [3.05, 3.63) is 29.8 Å². The van der Waals surface area contributed by atoms with Crippen molar-refractivity contribution in [2.75, 3.05) is 31.2 Å². The zero-order valence-corrected chi connectivity index (χ0v) is 9.72. The van der Waals surface area contributed by atoms with E-state index in [1.165, 1.54) is 11.3 Å². The number of hydrogen-bond acceptors (Lipinski definition) is 3. The smallest absolute Gasteiger partial charge is 0.0767 e. The summed E-state index contributed by atoms with van der Waals surface area (Å²) in [5, 5.41) is 8.70. The first-order valence-electron chi connectivity index (χ1n) is 5.83. The maximum absolute atomic E-state index is 8.70. The molecule has 1 atom stereocenters. The summed E-state index contributed by atoms with van der Waals surface area (Å²) in [6.07, 6.45) is 1.32. The van der Waals surface area contributed by atoms with Crippen LogP contribution >= 0.6 is 0 Å². The largest absolute Gasteiger partial charge is 0.394 e. The minimum absolute atomic E-state index is 0.112. The molecule has 0 spiro atoms. The van der Waals surface area contributed by atoms with E-state index in [1.807, 2.05) is 0 Å². The van der Waals surface area contributed by atoms with Gasteiger partial charge in [0.25, 0.3) is 0 Å². The molecule has 3 nitrogen and oxygen atoms in total. The van der Waals surface area contributed by atoms with Crippen LogP contribution in [0.2, 0.25) is 0 Å². The van der Waals surface area contributed by atoms with Crippen LogP contribution in [0.25, 0.3) is 0 Å². The molecule has 1 saturated heterocycles. The highest BCUT2D eigenvalue weighted by atomic mass is 16.5. The van der Waals surface area contributed by atoms with Gasteiger partial charge in [-0.15, -0.1) is 0 Å². The molecule has 1 aromatic carbocycles. The van der Waals surface area contributed by atoms with E-state index in [4.69, 9.17) is 9.84 Å². The van der Waals surface area contributed by atoms with Gasteiger partial charge in [0.1, 0.15) is 0 Å². The van der Waals surface area contributed by atoms with Crippen molar-refractivity contribution in [3.63, 3.8) is 0 Å². The predicted molar refractivity (Wildman–Crippen MR) is 64.8 cm³/mol. The van der Waals surface area contributed by atoms with Gasteiger partial charge in [0.2, 0.25) is 0 Å². The van der Waals surface area contributed by atoms with Gasteiger partial charge in [-0.3, -0.25) is 0 Å². The van der Waals surface area contributed by atoms with Gasteiger partial charge in [0.15, 0.2) is 0 Å². The molecule has 0 radical (unpaired) electrons. The van der Waals surface area contributed by atoms with Crippen molar-refractivity contribution >= 4 is 5.69 Å². The first-order valence-corrected chi connectivity index (χ1v) is 5.83. The number of hydrogen-bond donors (Lipinski definition) is 1. The predicted octanol–water partition coefficient (Wildman–Crippen LogP) is 1.58. The molecule has 0 bridgehead atoms. The number of ether oxygens (including phenoxy) is 1. The van der Waals surface area contributed by atoms with Gasteiger partial charge in [0.05, 0.1) is 19.3 Å². The monoisotopic (exact) mass is 221 g/mol. The van der Waals surface area contributed by atoms with Crippen molar-refractivity contribution in [3.8, 4) is 0 Å². The standard InChI is InChI=1S/C13H19NO2/c1-11-2-4-12(5-3-11)14-7-6-13(10-14)16-9-8-15/h2-5,13,15H,6-10H2,1H3/t13-/m0/s1. The molecule has 0 aliphatic carbocycles. The lowest BCUT2D eigenvalue weighted by Crippen LogP contribution is -2.23. The second-order valence-electron chi connectivity index (χ2n) is 4.29. The molecule has 0 saturated carbocycles. The minimum Gasteiger partial charge on any atom is -0.394 e. The van der Waals surface area contributed by atoms with Crippen molar-refractivity contribution in [1.82, 2.24) is 0 Å². The van der Waals surface area contributed by atoms with E-state index in [0.717, 1.165) is 19.5 Å². The van der Waals surface area contributed by atoms with Crippen LogP contribution in [0.4, 0.5) is 5.69 Å². The molecular weight excluding hydrogens is 202 g/mol. The van der Waals surface area contributed by atoms with Crippen LogP contribution in [0, 0.1) is 6.92 Å². The van der Waals surface area contributed by atoms with Crippen LogP contribution < -0.4 is 4.90 Å². The van der Waals surface area contributed by atoms with Gasteiger partial charge >= 0.3 is 0 Å². The highest BCUT2D eigenvalue weighted by Crippen LogP contribution is 2.21. The Kier molecular flexibility index (Phi) is 3.80. The molecule has 1 fully saturated rings. The molecule has 3 heteroatoms. The SMILES string of the molecule is Cc1ccc(N2CC[C@H](OCCO)C2)cc1. The molecule has 1 aliphatic rings. The van der Waals surface area contributed by atoms with Crippen LogP contribution in [0.5, 0.6) is 0 Å². The van der Waals surface area contributed by atoms with Gasteiger partial charge in [0, 0.05) is 18.8 Å². The fourth-order valence-electron chi connectivity index (χ4n) is 2.07. The summed E-state index contributed by atoms with van der Waals surface area (Å²) in [6.45, 7) is 4.64. The maximum Gasteiger partial charge on any atom is 0.0767 e. The van der Waals surface area contributed by atoms with Crippen molar-refractivity contribution in [2.45, 2.75) is 19.4 Å². The summed E-state index contributed by atoms with van der Waals surface area (Å²) in [5.74, 6) is 0. The van der Waals surface area contributed by atoms with Crippen LogP contribution in [-0.4, -0.2) is 37.5 Å². The third kappa shape index (κ3) is 2.74. The number of aliphatic hydroxyl groups excluding tert-OH is 1. The Balaban J connectivity index is 1.90. The summed E-state index contributed by atoms with van der Waals surface area (Å²) in [4.78, 5) is 2.33. The van der Waals surface area contributed by atoms with E-state index in [-0.39, 0.29) is 12.7 Å². The van der Waals surface area contributed by atoms with Crippen LogP contribution in [0.1, 0.15) is 12.0 Å². The van der Waals surface area contributed by atoms with E-state index < -0.39 is 0 Å². The van der Waals surface area contributed by atoms with Crippen LogP contribution in [-0.2, 0) is 4.74 Å². The van der Waals surface area contributed by atoms with E-state index in [9.17, 15) is 0 Å². The fourth-order valence-corrected chi connectivity index (χ4v) is 2.07. The van der Waals surface area contributed by atoms with Crippen molar-refractivity contribution in [2.24, 2.45) is 0 Å².